The van der Waals surface area contributed by atoms with Crippen LogP contribution in [0.1, 0.15) is 12.0 Å². The van der Waals surface area contributed by atoms with Crippen LogP contribution >= 0.6 is 0 Å². The van der Waals surface area contributed by atoms with Crippen LogP contribution in [-0.2, 0) is 16.0 Å². The first kappa shape index (κ1) is 15.5. The number of hydrogen-bond acceptors (Lipinski definition) is 3. The molecule has 0 fully saturated rings. The second-order valence-corrected chi connectivity index (χ2v) is 4.10. The highest BCUT2D eigenvalue weighted by Gasteiger charge is 2.12. The Morgan fingerprint density at radius 1 is 1.42 bits per heavy atom. The molecule has 19 heavy (non-hydrogen) atoms. The molecule has 1 amide bonds. The molecule has 0 aliphatic carbocycles. The van der Waals surface area contributed by atoms with Crippen LogP contribution < -0.4 is 11.1 Å². The van der Waals surface area contributed by atoms with Crippen molar-refractivity contribution in [2.75, 3.05) is 20.2 Å². The lowest BCUT2D eigenvalue weighted by Gasteiger charge is -2.12. The van der Waals surface area contributed by atoms with Crippen LogP contribution in [0, 0.1) is 11.6 Å². The fraction of sp³-hybridized carbons (Fsp3) is 0.462. The van der Waals surface area contributed by atoms with E-state index in [2.05, 4.69) is 5.32 Å². The molecule has 0 heterocycles. The lowest BCUT2D eigenvalue weighted by molar-refractivity contribution is -0.123. The minimum Gasteiger partial charge on any atom is -0.380 e. The van der Waals surface area contributed by atoms with Gasteiger partial charge in [-0.15, -0.1) is 0 Å². The van der Waals surface area contributed by atoms with Gasteiger partial charge in [-0.25, -0.2) is 8.78 Å². The van der Waals surface area contributed by atoms with Crippen molar-refractivity contribution in [3.8, 4) is 0 Å². The van der Waals surface area contributed by atoms with Gasteiger partial charge in [0, 0.05) is 25.8 Å². The summed E-state index contributed by atoms with van der Waals surface area (Å²) in [7, 11) is 1.47. The molecule has 0 aliphatic rings. The Morgan fingerprint density at radius 3 is 2.58 bits per heavy atom. The van der Waals surface area contributed by atoms with E-state index < -0.39 is 11.6 Å². The maximum Gasteiger partial charge on any atom is 0.222 e. The number of methoxy groups -OCH3 is 1. The van der Waals surface area contributed by atoms with E-state index in [1.54, 1.807) is 0 Å². The molecular formula is C13H18F2N2O2. The van der Waals surface area contributed by atoms with Gasteiger partial charge in [0.1, 0.15) is 11.6 Å². The molecule has 4 nitrogen and oxygen atoms in total. The summed E-state index contributed by atoms with van der Waals surface area (Å²) in [6.07, 6.45) is -0.109. The van der Waals surface area contributed by atoms with Crippen molar-refractivity contribution >= 4 is 5.91 Å². The first-order chi connectivity index (χ1) is 9.08. The largest absolute Gasteiger partial charge is 0.380 e. The number of benzene rings is 1. The van der Waals surface area contributed by atoms with Crippen molar-refractivity contribution in [1.29, 1.82) is 0 Å². The zero-order valence-corrected chi connectivity index (χ0v) is 10.8. The fourth-order valence-electron chi connectivity index (χ4n) is 1.64. The van der Waals surface area contributed by atoms with Crippen LogP contribution in [0.2, 0.25) is 0 Å². The molecule has 0 aliphatic heterocycles. The Bertz CT molecular complexity index is 403. The summed E-state index contributed by atoms with van der Waals surface area (Å²) in [6, 6.07) is 3.68. The van der Waals surface area contributed by atoms with E-state index in [0.717, 1.165) is 0 Å². The van der Waals surface area contributed by atoms with Gasteiger partial charge in [-0.1, -0.05) is 6.07 Å². The van der Waals surface area contributed by atoms with E-state index in [4.69, 9.17) is 10.5 Å². The van der Waals surface area contributed by atoms with Crippen LogP contribution in [0.5, 0.6) is 0 Å². The Labute approximate surface area is 110 Å². The van der Waals surface area contributed by atoms with Gasteiger partial charge in [0.2, 0.25) is 5.91 Å². The number of nitrogens with two attached hydrogens (primary N) is 1. The summed E-state index contributed by atoms with van der Waals surface area (Å²) in [4.78, 5) is 11.5. The van der Waals surface area contributed by atoms with Crippen LogP contribution in [-0.4, -0.2) is 32.2 Å². The highest BCUT2D eigenvalue weighted by molar-refractivity contribution is 5.76. The van der Waals surface area contributed by atoms with E-state index >= 15 is 0 Å². The number of halogens is 2. The Hall–Kier alpha value is -1.53. The summed E-state index contributed by atoms with van der Waals surface area (Å²) in [6.45, 7) is 0.406. The summed E-state index contributed by atoms with van der Waals surface area (Å²) >= 11 is 0. The Balaban J connectivity index is 2.40. The first-order valence-electron chi connectivity index (χ1n) is 6.01. The molecule has 106 valence electrons. The molecule has 0 bridgehead atoms. The molecule has 1 unspecified atom stereocenters. The van der Waals surface area contributed by atoms with Crippen molar-refractivity contribution in [2.24, 2.45) is 5.73 Å². The first-order valence-corrected chi connectivity index (χ1v) is 6.01. The maximum atomic E-state index is 13.3. The van der Waals surface area contributed by atoms with Gasteiger partial charge in [0.05, 0.1) is 12.5 Å². The van der Waals surface area contributed by atoms with Gasteiger partial charge in [-0.05, 0) is 18.6 Å². The smallest absolute Gasteiger partial charge is 0.222 e. The van der Waals surface area contributed by atoms with Crippen LogP contribution in [0.3, 0.4) is 0 Å². The van der Waals surface area contributed by atoms with Crippen LogP contribution in [0.15, 0.2) is 18.2 Å². The molecule has 1 rings (SSSR count). The Morgan fingerprint density at radius 2 is 2.05 bits per heavy atom. The molecule has 1 aromatic rings. The van der Waals surface area contributed by atoms with Crippen molar-refractivity contribution in [3.63, 3.8) is 0 Å². The van der Waals surface area contributed by atoms with Gasteiger partial charge in [-0.3, -0.25) is 4.79 Å². The van der Waals surface area contributed by atoms with Gasteiger partial charge in [0.15, 0.2) is 0 Å². The fourth-order valence-corrected chi connectivity index (χ4v) is 1.64. The topological polar surface area (TPSA) is 64.3 Å². The highest BCUT2D eigenvalue weighted by Crippen LogP contribution is 2.12. The summed E-state index contributed by atoms with van der Waals surface area (Å²) in [5.41, 5.74) is 5.36. The van der Waals surface area contributed by atoms with Crippen molar-refractivity contribution < 1.29 is 18.3 Å². The number of nitrogens with one attached hydrogen (secondary N) is 1. The lowest BCUT2D eigenvalue weighted by Crippen LogP contribution is -2.33. The van der Waals surface area contributed by atoms with Gasteiger partial charge < -0.3 is 15.8 Å². The second kappa shape index (κ2) is 7.81. The van der Waals surface area contributed by atoms with E-state index in [1.165, 1.54) is 25.3 Å². The molecule has 0 saturated carbocycles. The quantitative estimate of drug-likeness (QED) is 0.778. The number of hydrogen-bond donors (Lipinski definition) is 2. The molecule has 0 aromatic heterocycles. The standard InChI is InChI=1S/C13H18F2N2O2/c1-19-9(8-16)7-13(18)17-6-5-10-11(14)3-2-4-12(10)15/h2-4,9H,5-8,16H2,1H3,(H,17,18). The number of rotatable bonds is 7. The summed E-state index contributed by atoms with van der Waals surface area (Å²) in [5, 5.41) is 2.58. The van der Waals surface area contributed by atoms with Gasteiger partial charge in [0.25, 0.3) is 0 Å². The second-order valence-electron chi connectivity index (χ2n) is 4.10. The number of amides is 1. The minimum absolute atomic E-state index is 0.0232. The van der Waals surface area contributed by atoms with E-state index in [1.807, 2.05) is 0 Å². The van der Waals surface area contributed by atoms with Crippen molar-refractivity contribution in [1.82, 2.24) is 5.32 Å². The van der Waals surface area contributed by atoms with E-state index in [-0.39, 0.29) is 43.5 Å². The lowest BCUT2D eigenvalue weighted by atomic mass is 10.1. The van der Waals surface area contributed by atoms with Crippen molar-refractivity contribution in [2.45, 2.75) is 18.9 Å². The van der Waals surface area contributed by atoms with E-state index in [0.29, 0.717) is 0 Å². The minimum atomic E-state index is -0.606. The normalized spacial score (nSPS) is 12.2. The van der Waals surface area contributed by atoms with Crippen molar-refractivity contribution in [3.05, 3.63) is 35.4 Å². The third kappa shape index (κ3) is 4.92. The number of ether oxygens (including phenoxy) is 1. The highest BCUT2D eigenvalue weighted by atomic mass is 19.1. The third-order valence-electron chi connectivity index (χ3n) is 2.77. The van der Waals surface area contributed by atoms with Crippen LogP contribution in [0.25, 0.3) is 0 Å². The average molecular weight is 272 g/mol. The maximum absolute atomic E-state index is 13.3. The van der Waals surface area contributed by atoms with E-state index in [9.17, 15) is 13.6 Å². The van der Waals surface area contributed by atoms with Crippen LogP contribution in [0.4, 0.5) is 8.78 Å². The predicted molar refractivity (Wildman–Crippen MR) is 67.5 cm³/mol. The monoisotopic (exact) mass is 272 g/mol. The zero-order chi connectivity index (χ0) is 14.3. The Kier molecular flexibility index (Phi) is 6.38. The number of carbonyl (C=O) groups is 1. The molecule has 1 atom stereocenters. The zero-order valence-electron chi connectivity index (χ0n) is 10.8. The molecule has 0 spiro atoms. The predicted octanol–water partition coefficient (Wildman–Crippen LogP) is 0.987. The summed E-state index contributed by atoms with van der Waals surface area (Å²) < 4.78 is 31.6. The average Bonchev–Trinajstić information content (AvgIpc) is 2.39. The number of carbonyl (C=O) groups excluding carboxylic acids is 1. The SMILES string of the molecule is COC(CN)CC(=O)NCCc1c(F)cccc1F. The molecule has 1 aromatic carbocycles. The summed E-state index contributed by atoms with van der Waals surface area (Å²) in [5.74, 6) is -1.47. The molecule has 3 N–H and O–H groups in total. The molecule has 6 heteroatoms. The molecular weight excluding hydrogens is 254 g/mol. The molecule has 0 radical (unpaired) electrons. The van der Waals surface area contributed by atoms with Gasteiger partial charge in [-0.2, -0.15) is 0 Å². The third-order valence-corrected chi connectivity index (χ3v) is 2.77. The molecule has 0 saturated heterocycles. The van der Waals surface area contributed by atoms with Gasteiger partial charge >= 0.3 is 0 Å².